The van der Waals surface area contributed by atoms with E-state index in [1.807, 2.05) is 57.2 Å². The Labute approximate surface area is 359 Å². The molecule has 5 aromatic rings. The quantitative estimate of drug-likeness (QED) is 0.165. The van der Waals surface area contributed by atoms with E-state index in [4.69, 9.17) is 15.5 Å². The lowest BCUT2D eigenvalue weighted by atomic mass is 9.91. The molecule has 0 radical (unpaired) electrons. The number of nitrogens with zero attached hydrogens (tertiary/aromatic N) is 8. The lowest BCUT2D eigenvalue weighted by molar-refractivity contribution is -0.120. The molecule has 0 saturated carbocycles. The first-order valence-corrected chi connectivity index (χ1v) is 21.5. The van der Waals surface area contributed by atoms with E-state index >= 15 is 4.39 Å². The number of nitrogens with one attached hydrogen (secondary N) is 1. The lowest BCUT2D eigenvalue weighted by Crippen LogP contribution is -2.51. The number of fused-ring (bicyclic) bond motifs is 1. The van der Waals surface area contributed by atoms with E-state index < -0.39 is 11.7 Å². The van der Waals surface area contributed by atoms with E-state index in [1.54, 1.807) is 34.2 Å². The summed E-state index contributed by atoms with van der Waals surface area (Å²) in [5.41, 5.74) is 11.8. The number of aryl methyl sites for hydroxylation is 2. The van der Waals surface area contributed by atoms with Crippen LogP contribution in [0.5, 0.6) is 5.75 Å². The molecule has 9 rings (SSSR count). The predicted octanol–water partition coefficient (Wildman–Crippen LogP) is 6.09. The Hall–Kier alpha value is -6.13. The number of ether oxygens (including phenoxy) is 1. The predicted molar refractivity (Wildman–Crippen MR) is 234 cm³/mol. The Morgan fingerprint density at radius 2 is 1.76 bits per heavy atom. The highest BCUT2D eigenvalue weighted by Crippen LogP contribution is 2.37. The number of carbonyl (C=O) groups is 3. The number of likely N-dealkylation sites (tertiary alicyclic amines) is 2. The van der Waals surface area contributed by atoms with E-state index in [1.165, 1.54) is 0 Å². The van der Waals surface area contributed by atoms with Gasteiger partial charge in [-0.05, 0) is 86.7 Å². The Balaban J connectivity index is 0.790. The molecule has 0 bridgehead atoms. The molecule has 4 aliphatic rings. The third-order valence-corrected chi connectivity index (χ3v) is 13.1. The fourth-order valence-corrected chi connectivity index (χ4v) is 9.68. The molecule has 7 heterocycles. The van der Waals surface area contributed by atoms with Gasteiger partial charge in [0.2, 0.25) is 5.91 Å². The second-order valence-electron chi connectivity index (χ2n) is 17.4. The maximum Gasteiger partial charge on any atom is 0.328 e. The fourth-order valence-electron chi connectivity index (χ4n) is 9.68. The van der Waals surface area contributed by atoms with Crippen molar-refractivity contribution in [3.8, 4) is 17.0 Å². The molecule has 16 heteroatoms. The van der Waals surface area contributed by atoms with Crippen LogP contribution < -0.4 is 20.9 Å². The van der Waals surface area contributed by atoms with Crippen molar-refractivity contribution in [1.29, 1.82) is 0 Å². The van der Waals surface area contributed by atoms with E-state index in [0.717, 1.165) is 53.7 Å². The molecule has 2 atom stereocenters. The van der Waals surface area contributed by atoms with Gasteiger partial charge in [-0.25, -0.2) is 14.2 Å². The Morgan fingerprint density at radius 1 is 0.984 bits per heavy atom. The standard InChI is InChI=1S/C46H53FN10O5/c1-28-20-31(8-9-34(28)40-26-55(25-30(3)62-40)38-22-37(51-52-42(38)48)35-6-4-5-7-39(35)58)44(60)54-18-13-46(47,14-19-54)27-53-15-10-32(11-16-53)57-24-29(2)36-21-33(23-49-43(36)57)56-17-12-41(59)50-45(56)61/h4-9,20-24,30,32,40,58H,10-19,25-27H2,1-3H3,(H2,48,52)(H,50,59,61)/t30-,40-/m0/s1. The van der Waals surface area contributed by atoms with E-state index in [9.17, 15) is 19.5 Å². The smallest absolute Gasteiger partial charge is 0.328 e. The number of phenols is 1. The van der Waals surface area contributed by atoms with Crippen molar-refractivity contribution in [2.45, 2.75) is 76.8 Å². The van der Waals surface area contributed by atoms with Crippen LogP contribution in [0.2, 0.25) is 0 Å². The number of benzene rings is 2. The largest absolute Gasteiger partial charge is 0.507 e. The van der Waals surface area contributed by atoms with Crippen LogP contribution in [-0.2, 0) is 9.53 Å². The number of alkyl halides is 1. The summed E-state index contributed by atoms with van der Waals surface area (Å²) in [5, 5.41) is 22.2. The second kappa shape index (κ2) is 16.6. The number of anilines is 3. The van der Waals surface area contributed by atoms with Crippen molar-refractivity contribution < 1.29 is 28.6 Å². The molecule has 2 aromatic carbocycles. The van der Waals surface area contributed by atoms with Crippen LogP contribution in [0.25, 0.3) is 22.3 Å². The zero-order valence-corrected chi connectivity index (χ0v) is 35.4. The summed E-state index contributed by atoms with van der Waals surface area (Å²) in [6, 6.07) is 16.3. The van der Waals surface area contributed by atoms with Crippen LogP contribution in [0.15, 0.2) is 67.0 Å². The number of rotatable bonds is 8. The summed E-state index contributed by atoms with van der Waals surface area (Å²) in [5.74, 6) is 0.0294. The molecule has 4 fully saturated rings. The highest BCUT2D eigenvalue weighted by Gasteiger charge is 2.39. The molecule has 4 aliphatic heterocycles. The number of nitrogens with two attached hydrogens (primary N) is 1. The highest BCUT2D eigenvalue weighted by atomic mass is 19.1. The average Bonchev–Trinajstić information content (AvgIpc) is 3.59. The Morgan fingerprint density at radius 3 is 2.50 bits per heavy atom. The molecule has 15 nitrogen and oxygen atoms in total. The van der Waals surface area contributed by atoms with Crippen molar-refractivity contribution in [2.24, 2.45) is 0 Å². The number of imide groups is 1. The van der Waals surface area contributed by atoms with Gasteiger partial charge >= 0.3 is 6.03 Å². The normalized spacial score (nSPS) is 21.4. The van der Waals surface area contributed by atoms with E-state index in [0.29, 0.717) is 67.5 Å². The minimum absolute atomic E-state index is 0.0985. The Kier molecular flexibility index (Phi) is 11.1. The van der Waals surface area contributed by atoms with Crippen molar-refractivity contribution in [2.75, 3.05) is 67.9 Å². The SMILES string of the molecule is Cc1cc(C(=O)N2CCC(F)(CN3CCC(n4cc(C)c5cc(N6CCC(=O)NC6=O)cnc54)CC3)CC2)ccc1[C@@H]1CN(c2cc(-c3ccccc3O)nnc2N)C[C@H](C)O1. The number of hydrogen-bond acceptors (Lipinski definition) is 11. The zero-order valence-electron chi connectivity index (χ0n) is 35.4. The van der Waals surface area contributed by atoms with Crippen LogP contribution in [0.1, 0.15) is 78.2 Å². The molecular formula is C46H53FN10O5. The monoisotopic (exact) mass is 844 g/mol. The zero-order chi connectivity index (χ0) is 43.3. The summed E-state index contributed by atoms with van der Waals surface area (Å²) in [7, 11) is 0. The highest BCUT2D eigenvalue weighted by molar-refractivity contribution is 6.06. The van der Waals surface area contributed by atoms with E-state index in [-0.39, 0.29) is 60.9 Å². The molecule has 0 aliphatic carbocycles. The van der Waals surface area contributed by atoms with Gasteiger partial charge in [-0.15, -0.1) is 10.2 Å². The molecule has 62 heavy (non-hydrogen) atoms. The van der Waals surface area contributed by atoms with Crippen molar-refractivity contribution in [3.05, 3.63) is 89.2 Å². The summed E-state index contributed by atoms with van der Waals surface area (Å²) in [4.78, 5) is 50.3. The number of carbonyl (C=O) groups excluding carboxylic acids is 3. The first kappa shape index (κ1) is 41.2. The molecule has 0 spiro atoms. The molecule has 4 amide bonds. The molecule has 4 N–H and O–H groups in total. The van der Waals surface area contributed by atoms with Crippen LogP contribution in [-0.4, -0.2) is 117 Å². The van der Waals surface area contributed by atoms with Gasteiger partial charge in [0, 0.05) is 100 Å². The van der Waals surface area contributed by atoms with Crippen LogP contribution in [0.4, 0.5) is 26.4 Å². The number of hydrogen-bond donors (Lipinski definition) is 3. The van der Waals surface area contributed by atoms with Crippen molar-refractivity contribution in [3.63, 3.8) is 0 Å². The van der Waals surface area contributed by atoms with Crippen molar-refractivity contribution >= 4 is 46.1 Å². The number of morpholine rings is 1. The van der Waals surface area contributed by atoms with Gasteiger partial charge in [0.05, 0.1) is 29.4 Å². The number of halogens is 1. The number of pyridine rings is 1. The first-order chi connectivity index (χ1) is 29.8. The summed E-state index contributed by atoms with van der Waals surface area (Å²) < 4.78 is 25.1. The van der Waals surface area contributed by atoms with Gasteiger partial charge in [0.1, 0.15) is 23.2 Å². The molecule has 324 valence electrons. The maximum atomic E-state index is 16.4. The van der Waals surface area contributed by atoms with Crippen molar-refractivity contribution in [1.82, 2.24) is 34.9 Å². The minimum Gasteiger partial charge on any atom is -0.507 e. The minimum atomic E-state index is -1.37. The topological polar surface area (TPSA) is 175 Å². The molecular weight excluding hydrogens is 792 g/mol. The number of piperidine rings is 2. The third-order valence-electron chi connectivity index (χ3n) is 13.1. The number of amides is 4. The summed E-state index contributed by atoms with van der Waals surface area (Å²) in [6.45, 7) is 10.0. The van der Waals surface area contributed by atoms with Crippen LogP contribution in [0.3, 0.4) is 0 Å². The Bertz CT molecular complexity index is 2530. The van der Waals surface area contributed by atoms with Crippen LogP contribution in [0, 0.1) is 13.8 Å². The second-order valence-corrected chi connectivity index (χ2v) is 17.4. The number of para-hydroxylation sites is 1. The van der Waals surface area contributed by atoms with Gasteiger partial charge in [0.25, 0.3) is 5.91 Å². The van der Waals surface area contributed by atoms with Crippen LogP contribution >= 0.6 is 0 Å². The third kappa shape index (κ3) is 8.16. The molecule has 0 unspecified atom stereocenters. The van der Waals surface area contributed by atoms with Gasteiger partial charge in [0.15, 0.2) is 5.82 Å². The maximum absolute atomic E-state index is 16.4. The number of nitrogen functional groups attached to an aromatic ring is 1. The summed E-state index contributed by atoms with van der Waals surface area (Å²) >= 11 is 0. The first-order valence-electron chi connectivity index (χ1n) is 21.5. The number of aromatic hydroxyl groups is 1. The number of urea groups is 1. The van der Waals surface area contributed by atoms with Gasteiger partial charge in [-0.1, -0.05) is 18.2 Å². The summed E-state index contributed by atoms with van der Waals surface area (Å²) in [6.07, 6.45) is 5.93. The van der Waals surface area contributed by atoms with Gasteiger partial charge < -0.3 is 34.8 Å². The van der Waals surface area contributed by atoms with E-state index in [2.05, 4.69) is 36.1 Å². The molecule has 3 aromatic heterocycles. The number of phenolic OH excluding ortho intramolecular Hbond substituents is 1. The van der Waals surface area contributed by atoms with Gasteiger partial charge in [-0.2, -0.15) is 0 Å². The molecule has 4 saturated heterocycles. The number of aromatic nitrogens is 4. The van der Waals surface area contributed by atoms with Gasteiger partial charge in [-0.3, -0.25) is 19.8 Å². The average molecular weight is 845 g/mol. The fraction of sp³-hybridized carbons (Fsp3) is 0.435. The lowest BCUT2D eigenvalue weighted by Gasteiger charge is -2.41.